The first-order valence-corrected chi connectivity index (χ1v) is 3.69. The molecule has 2 nitrogen and oxygen atoms in total. The Morgan fingerprint density at radius 1 is 1.80 bits per heavy atom. The van der Waals surface area contributed by atoms with E-state index in [0.717, 1.165) is 18.8 Å². The fourth-order valence-electron chi connectivity index (χ4n) is 1.18. The topological polar surface area (TPSA) is 32.6 Å². The first-order valence-electron chi connectivity index (χ1n) is 3.69. The molecule has 0 saturated heterocycles. The van der Waals surface area contributed by atoms with Crippen LogP contribution in [0.3, 0.4) is 0 Å². The minimum absolute atomic E-state index is 0.802. The van der Waals surface area contributed by atoms with Crippen LogP contribution in [0, 0.1) is 5.92 Å². The zero-order valence-corrected chi connectivity index (χ0v) is 6.25. The molecule has 0 amide bonds. The molecule has 0 saturated carbocycles. The summed E-state index contributed by atoms with van der Waals surface area (Å²) in [5, 5.41) is 11.2. The summed E-state index contributed by atoms with van der Waals surface area (Å²) >= 11 is 0. The lowest BCUT2D eigenvalue weighted by molar-refractivity contribution is 0.321. The van der Waals surface area contributed by atoms with Gasteiger partial charge in [0.15, 0.2) is 0 Å². The van der Waals surface area contributed by atoms with E-state index in [4.69, 9.17) is 5.21 Å². The van der Waals surface area contributed by atoms with Gasteiger partial charge in [0.05, 0.1) is 6.21 Å². The highest BCUT2D eigenvalue weighted by atomic mass is 16.4. The van der Waals surface area contributed by atoms with Crippen molar-refractivity contribution in [2.75, 3.05) is 0 Å². The van der Waals surface area contributed by atoms with Crippen LogP contribution < -0.4 is 0 Å². The van der Waals surface area contributed by atoms with E-state index in [9.17, 15) is 0 Å². The number of oxime groups is 1. The maximum absolute atomic E-state index is 8.21. The number of rotatable bonds is 1. The summed E-state index contributed by atoms with van der Waals surface area (Å²) in [5.74, 6) is 0.802. The maximum atomic E-state index is 8.21. The third-order valence-corrected chi connectivity index (χ3v) is 1.93. The summed E-state index contributed by atoms with van der Waals surface area (Å²) in [5.41, 5.74) is 1.17. The predicted molar refractivity (Wildman–Crippen MR) is 41.4 cm³/mol. The second-order valence-corrected chi connectivity index (χ2v) is 2.90. The van der Waals surface area contributed by atoms with Crippen LogP contribution in [0.2, 0.25) is 0 Å². The van der Waals surface area contributed by atoms with Gasteiger partial charge in [-0.3, -0.25) is 0 Å². The highest BCUT2D eigenvalue weighted by Crippen LogP contribution is 2.21. The van der Waals surface area contributed by atoms with Gasteiger partial charge >= 0.3 is 0 Å². The van der Waals surface area contributed by atoms with Crippen LogP contribution in [0.4, 0.5) is 0 Å². The molecule has 0 aliphatic heterocycles. The highest BCUT2D eigenvalue weighted by molar-refractivity contribution is 5.77. The number of hydrogen-bond donors (Lipinski definition) is 1. The van der Waals surface area contributed by atoms with Crippen molar-refractivity contribution in [3.8, 4) is 0 Å². The van der Waals surface area contributed by atoms with Crippen molar-refractivity contribution < 1.29 is 5.21 Å². The number of nitrogens with zero attached hydrogens (tertiary/aromatic N) is 1. The largest absolute Gasteiger partial charge is 0.411 e. The van der Waals surface area contributed by atoms with Crippen molar-refractivity contribution in [1.29, 1.82) is 0 Å². The molecule has 10 heavy (non-hydrogen) atoms. The van der Waals surface area contributed by atoms with Gasteiger partial charge in [-0.15, -0.1) is 0 Å². The molecule has 0 radical (unpaired) electrons. The first-order chi connectivity index (χ1) is 4.83. The molecule has 1 rings (SSSR count). The molecule has 0 aromatic rings. The molecule has 1 aliphatic carbocycles. The lowest BCUT2D eigenvalue weighted by Gasteiger charge is -2.14. The van der Waals surface area contributed by atoms with E-state index in [1.165, 1.54) is 18.2 Å². The van der Waals surface area contributed by atoms with Gasteiger partial charge in [-0.05, 0) is 30.8 Å². The summed E-state index contributed by atoms with van der Waals surface area (Å²) in [4.78, 5) is 0. The smallest absolute Gasteiger partial charge is 0.0690 e. The Morgan fingerprint density at radius 3 is 3.10 bits per heavy atom. The fraction of sp³-hybridized carbons (Fsp3) is 0.625. The molecule has 1 aliphatic rings. The standard InChI is InChI=1S/C8H13NO/c1-7-2-4-8(5-3-7)6-9-10/h4,6-7,10H,2-3,5H2,1H3/b9-6+/t7-/m0/s1. The van der Waals surface area contributed by atoms with Crippen LogP contribution in [-0.4, -0.2) is 11.4 Å². The molecule has 0 fully saturated rings. The Morgan fingerprint density at radius 2 is 2.60 bits per heavy atom. The lowest BCUT2D eigenvalue weighted by atomic mass is 9.92. The molecule has 0 aromatic carbocycles. The lowest BCUT2D eigenvalue weighted by Crippen LogP contribution is -2.01. The van der Waals surface area contributed by atoms with Crippen molar-refractivity contribution in [3.63, 3.8) is 0 Å². The molecule has 0 heterocycles. The quantitative estimate of drug-likeness (QED) is 0.337. The van der Waals surface area contributed by atoms with Crippen LogP contribution in [0.1, 0.15) is 26.2 Å². The van der Waals surface area contributed by atoms with Gasteiger partial charge in [-0.25, -0.2) is 0 Å². The SMILES string of the molecule is C[C@H]1CC=C(/C=N/O)CC1. The van der Waals surface area contributed by atoms with E-state index in [0.29, 0.717) is 0 Å². The van der Waals surface area contributed by atoms with Gasteiger partial charge in [0.25, 0.3) is 0 Å². The van der Waals surface area contributed by atoms with Crippen molar-refractivity contribution in [2.24, 2.45) is 11.1 Å². The van der Waals surface area contributed by atoms with Crippen molar-refractivity contribution >= 4 is 6.21 Å². The average Bonchev–Trinajstić information content (AvgIpc) is 1.95. The molecule has 0 unspecified atom stereocenters. The molecule has 1 N–H and O–H groups in total. The summed E-state index contributed by atoms with van der Waals surface area (Å²) in [7, 11) is 0. The van der Waals surface area contributed by atoms with Gasteiger partial charge in [-0.1, -0.05) is 18.2 Å². The summed E-state index contributed by atoms with van der Waals surface area (Å²) in [6.07, 6.45) is 7.09. The average molecular weight is 139 g/mol. The van der Waals surface area contributed by atoms with E-state index < -0.39 is 0 Å². The first kappa shape index (κ1) is 7.32. The predicted octanol–water partition coefficient (Wildman–Crippen LogP) is 2.19. The maximum Gasteiger partial charge on any atom is 0.0690 e. The van der Waals surface area contributed by atoms with Gasteiger partial charge in [-0.2, -0.15) is 0 Å². The molecule has 0 bridgehead atoms. The Bertz CT molecular complexity index is 161. The normalized spacial score (nSPS) is 26.9. The second kappa shape index (κ2) is 3.40. The van der Waals surface area contributed by atoms with Gasteiger partial charge in [0.1, 0.15) is 0 Å². The third-order valence-electron chi connectivity index (χ3n) is 1.93. The molecule has 1 atom stereocenters. The molecule has 56 valence electrons. The zero-order valence-electron chi connectivity index (χ0n) is 6.25. The summed E-state index contributed by atoms with van der Waals surface area (Å²) < 4.78 is 0. The van der Waals surface area contributed by atoms with Crippen LogP contribution in [0.5, 0.6) is 0 Å². The van der Waals surface area contributed by atoms with Gasteiger partial charge < -0.3 is 5.21 Å². The van der Waals surface area contributed by atoms with E-state index in [1.807, 2.05) is 0 Å². The Balaban J connectivity index is 2.48. The van der Waals surface area contributed by atoms with E-state index >= 15 is 0 Å². The van der Waals surface area contributed by atoms with Crippen LogP contribution in [0.15, 0.2) is 16.8 Å². The van der Waals surface area contributed by atoms with Crippen molar-refractivity contribution in [3.05, 3.63) is 11.6 Å². The Labute approximate surface area is 61.2 Å². The van der Waals surface area contributed by atoms with E-state index in [1.54, 1.807) is 0 Å². The van der Waals surface area contributed by atoms with Crippen LogP contribution >= 0.6 is 0 Å². The van der Waals surface area contributed by atoms with E-state index in [-0.39, 0.29) is 0 Å². The summed E-state index contributed by atoms with van der Waals surface area (Å²) in [6.45, 7) is 2.24. The fourth-order valence-corrected chi connectivity index (χ4v) is 1.18. The van der Waals surface area contributed by atoms with Gasteiger partial charge in [0.2, 0.25) is 0 Å². The second-order valence-electron chi connectivity index (χ2n) is 2.90. The number of hydrogen-bond acceptors (Lipinski definition) is 2. The monoisotopic (exact) mass is 139 g/mol. The molecule has 0 aromatic heterocycles. The minimum atomic E-state index is 0.802. The van der Waals surface area contributed by atoms with Crippen molar-refractivity contribution in [1.82, 2.24) is 0 Å². The molecule has 2 heteroatoms. The Hall–Kier alpha value is -0.790. The summed E-state index contributed by atoms with van der Waals surface area (Å²) in [6, 6.07) is 0. The van der Waals surface area contributed by atoms with Crippen molar-refractivity contribution in [2.45, 2.75) is 26.2 Å². The molecule has 0 spiro atoms. The third kappa shape index (κ3) is 1.87. The molecular formula is C8H13NO. The highest BCUT2D eigenvalue weighted by Gasteiger charge is 2.07. The zero-order chi connectivity index (χ0) is 7.40. The van der Waals surface area contributed by atoms with Crippen LogP contribution in [0.25, 0.3) is 0 Å². The molecular weight excluding hydrogens is 126 g/mol. The van der Waals surface area contributed by atoms with Gasteiger partial charge in [0, 0.05) is 0 Å². The van der Waals surface area contributed by atoms with E-state index in [2.05, 4.69) is 18.2 Å². The Kier molecular flexibility index (Phi) is 2.49. The number of allylic oxidation sites excluding steroid dienone is 2. The minimum Gasteiger partial charge on any atom is -0.411 e. The van der Waals surface area contributed by atoms with Crippen LogP contribution in [-0.2, 0) is 0 Å².